The Morgan fingerprint density at radius 3 is 2.67 bits per heavy atom. The van der Waals surface area contributed by atoms with Crippen LogP contribution in [0.3, 0.4) is 0 Å². The van der Waals surface area contributed by atoms with Gasteiger partial charge in [0.25, 0.3) is 0 Å². The van der Waals surface area contributed by atoms with Crippen molar-refractivity contribution in [2.45, 2.75) is 26.1 Å². The summed E-state index contributed by atoms with van der Waals surface area (Å²) >= 11 is 0. The number of nitrogens with one attached hydrogen (secondary N) is 1. The first kappa shape index (κ1) is 23.3. The van der Waals surface area contributed by atoms with E-state index in [0.29, 0.717) is 18.2 Å². The average Bonchev–Trinajstić information content (AvgIpc) is 3.31. The van der Waals surface area contributed by atoms with Crippen LogP contribution in [-0.2, 0) is 17.9 Å². The number of nitrogens with two attached hydrogens (primary N) is 1. The van der Waals surface area contributed by atoms with E-state index in [9.17, 15) is 4.79 Å². The molecule has 1 amide bonds. The summed E-state index contributed by atoms with van der Waals surface area (Å²) in [7, 11) is 0. The molecule has 158 valence electrons. The highest BCUT2D eigenvalue weighted by molar-refractivity contribution is 5.85. The van der Waals surface area contributed by atoms with Crippen molar-refractivity contribution in [3.8, 4) is 11.4 Å². The van der Waals surface area contributed by atoms with Gasteiger partial charge in [-0.3, -0.25) is 9.78 Å². The summed E-state index contributed by atoms with van der Waals surface area (Å²) < 4.78 is 3.40. The van der Waals surface area contributed by atoms with Crippen molar-refractivity contribution in [2.24, 2.45) is 5.73 Å². The number of nitrogens with zero attached hydrogens (tertiary/aromatic N) is 6. The Morgan fingerprint density at radius 2 is 1.97 bits per heavy atom. The van der Waals surface area contributed by atoms with E-state index in [1.165, 1.54) is 0 Å². The second-order valence-corrected chi connectivity index (χ2v) is 6.46. The van der Waals surface area contributed by atoms with Gasteiger partial charge in [0.2, 0.25) is 5.91 Å². The minimum absolute atomic E-state index is 0. The molecule has 0 saturated heterocycles. The number of carbonyl (C=O) groups is 1. The van der Waals surface area contributed by atoms with Gasteiger partial charge in [-0.05, 0) is 6.92 Å². The van der Waals surface area contributed by atoms with Gasteiger partial charge in [-0.2, -0.15) is 5.10 Å². The fraction of sp³-hybridized carbons (Fsp3) is 0.211. The number of amides is 1. The van der Waals surface area contributed by atoms with Crippen LogP contribution in [0.5, 0.6) is 0 Å². The first-order chi connectivity index (χ1) is 13.6. The maximum atomic E-state index is 12.4. The average molecular weight is 449 g/mol. The monoisotopic (exact) mass is 448 g/mol. The number of benzene rings is 1. The molecule has 3 aromatic heterocycles. The fourth-order valence-corrected chi connectivity index (χ4v) is 2.88. The topological polar surface area (TPSA) is 116 Å². The molecule has 1 atom stereocenters. The van der Waals surface area contributed by atoms with Crippen LogP contribution < -0.4 is 11.1 Å². The van der Waals surface area contributed by atoms with Gasteiger partial charge >= 0.3 is 0 Å². The third-order valence-corrected chi connectivity index (χ3v) is 4.21. The van der Waals surface area contributed by atoms with Crippen molar-refractivity contribution in [3.63, 3.8) is 0 Å². The van der Waals surface area contributed by atoms with Gasteiger partial charge in [-0.15, -0.1) is 24.8 Å². The van der Waals surface area contributed by atoms with Gasteiger partial charge in [0.05, 0.1) is 24.5 Å². The summed E-state index contributed by atoms with van der Waals surface area (Å²) in [6.45, 7) is 2.16. The molecular formula is C19H22Cl2N8O. The van der Waals surface area contributed by atoms with Crippen LogP contribution in [0.2, 0.25) is 0 Å². The molecule has 0 aliphatic carbocycles. The van der Waals surface area contributed by atoms with E-state index in [-0.39, 0.29) is 43.3 Å². The maximum Gasteiger partial charge on any atom is 0.242 e. The molecule has 4 rings (SSSR count). The Morgan fingerprint density at radius 1 is 1.20 bits per heavy atom. The van der Waals surface area contributed by atoms with Crippen molar-refractivity contribution < 1.29 is 4.79 Å². The van der Waals surface area contributed by atoms with Crippen molar-refractivity contribution in [3.05, 3.63) is 66.6 Å². The molecule has 1 aromatic carbocycles. The second kappa shape index (κ2) is 10.1. The quantitative estimate of drug-likeness (QED) is 0.466. The molecule has 0 spiro atoms. The van der Waals surface area contributed by atoms with Gasteiger partial charge in [0.15, 0.2) is 11.5 Å². The standard InChI is InChI=1S/C19H20N8O.2ClH/c1-13(20)19-24-18(14-5-3-2-4-6-14)25-27(19)12-17(28)22-9-15-11-26-8-7-21-10-16(26)23-15;;/h2-8,10-11,13H,9,12,20H2,1H3,(H,22,28);2*1H/t13-;;/m0../s1. The lowest BCUT2D eigenvalue weighted by molar-refractivity contribution is -0.122. The molecule has 0 aliphatic rings. The highest BCUT2D eigenvalue weighted by Gasteiger charge is 2.17. The third kappa shape index (κ3) is 5.12. The van der Waals surface area contributed by atoms with Crippen molar-refractivity contribution in [1.29, 1.82) is 0 Å². The number of rotatable bonds is 6. The van der Waals surface area contributed by atoms with Gasteiger partial charge in [-0.1, -0.05) is 30.3 Å². The lowest BCUT2D eigenvalue weighted by Crippen LogP contribution is -2.29. The van der Waals surface area contributed by atoms with E-state index in [2.05, 4.69) is 25.4 Å². The molecule has 0 radical (unpaired) electrons. The summed E-state index contributed by atoms with van der Waals surface area (Å²) in [5.74, 6) is 0.919. The summed E-state index contributed by atoms with van der Waals surface area (Å²) in [6, 6.07) is 9.25. The van der Waals surface area contributed by atoms with Crippen LogP contribution >= 0.6 is 24.8 Å². The second-order valence-electron chi connectivity index (χ2n) is 6.46. The van der Waals surface area contributed by atoms with Crippen molar-refractivity contribution in [2.75, 3.05) is 0 Å². The molecule has 11 heteroatoms. The van der Waals surface area contributed by atoms with Gasteiger partial charge in [0.1, 0.15) is 12.4 Å². The summed E-state index contributed by atoms with van der Waals surface area (Å²) in [5, 5.41) is 7.33. The summed E-state index contributed by atoms with van der Waals surface area (Å²) in [6.07, 6.45) is 7.01. The summed E-state index contributed by atoms with van der Waals surface area (Å²) in [5.41, 5.74) is 8.37. The lowest BCUT2D eigenvalue weighted by atomic mass is 10.2. The van der Waals surface area contributed by atoms with Crippen LogP contribution in [0.4, 0.5) is 0 Å². The Hall–Kier alpha value is -3.01. The number of hydrogen-bond acceptors (Lipinski definition) is 6. The fourth-order valence-electron chi connectivity index (χ4n) is 2.88. The molecule has 3 heterocycles. The minimum atomic E-state index is -0.344. The molecule has 0 fully saturated rings. The number of hydrogen-bond donors (Lipinski definition) is 2. The molecule has 4 aromatic rings. The Bertz CT molecular complexity index is 1080. The molecular weight excluding hydrogens is 427 g/mol. The zero-order chi connectivity index (χ0) is 19.5. The highest BCUT2D eigenvalue weighted by atomic mass is 35.5. The van der Waals surface area contributed by atoms with E-state index in [1.54, 1.807) is 17.1 Å². The van der Waals surface area contributed by atoms with Crippen LogP contribution in [0.15, 0.2) is 55.1 Å². The number of carbonyl (C=O) groups excluding carboxylic acids is 1. The van der Waals surface area contributed by atoms with Crippen molar-refractivity contribution >= 4 is 36.4 Å². The molecule has 30 heavy (non-hydrogen) atoms. The lowest BCUT2D eigenvalue weighted by Gasteiger charge is -2.08. The predicted molar refractivity (Wildman–Crippen MR) is 117 cm³/mol. The van der Waals surface area contributed by atoms with E-state index in [0.717, 1.165) is 16.9 Å². The van der Waals surface area contributed by atoms with E-state index in [1.807, 2.05) is 54.0 Å². The Kier molecular flexibility index (Phi) is 7.87. The minimum Gasteiger partial charge on any atom is -0.349 e. The first-order valence-electron chi connectivity index (χ1n) is 8.90. The van der Waals surface area contributed by atoms with Crippen LogP contribution in [-0.4, -0.2) is 35.0 Å². The van der Waals surface area contributed by atoms with Crippen molar-refractivity contribution in [1.82, 2.24) is 34.4 Å². The molecule has 3 N–H and O–H groups in total. The van der Waals surface area contributed by atoms with E-state index < -0.39 is 0 Å². The van der Waals surface area contributed by atoms with Crippen LogP contribution in [0, 0.1) is 0 Å². The largest absolute Gasteiger partial charge is 0.349 e. The van der Waals surface area contributed by atoms with E-state index >= 15 is 0 Å². The molecule has 0 unspecified atom stereocenters. The van der Waals surface area contributed by atoms with Crippen LogP contribution in [0.1, 0.15) is 24.5 Å². The zero-order valence-corrected chi connectivity index (χ0v) is 17.8. The number of fused-ring (bicyclic) bond motifs is 1. The smallest absolute Gasteiger partial charge is 0.242 e. The molecule has 0 bridgehead atoms. The van der Waals surface area contributed by atoms with E-state index in [4.69, 9.17) is 5.73 Å². The molecule has 9 nitrogen and oxygen atoms in total. The summed E-state index contributed by atoms with van der Waals surface area (Å²) in [4.78, 5) is 25.4. The van der Waals surface area contributed by atoms with Crippen LogP contribution in [0.25, 0.3) is 17.0 Å². The first-order valence-corrected chi connectivity index (χ1v) is 8.90. The van der Waals surface area contributed by atoms with Gasteiger partial charge in [-0.25, -0.2) is 14.6 Å². The third-order valence-electron chi connectivity index (χ3n) is 4.21. The zero-order valence-electron chi connectivity index (χ0n) is 16.2. The van der Waals surface area contributed by atoms with Gasteiger partial charge < -0.3 is 15.5 Å². The SMILES string of the molecule is C[C@H](N)c1nc(-c2ccccc2)nn1CC(=O)NCc1cn2ccncc2n1.Cl.Cl. The highest BCUT2D eigenvalue weighted by Crippen LogP contribution is 2.17. The molecule has 0 aliphatic heterocycles. The number of imidazole rings is 1. The number of halogens is 2. The normalized spacial score (nSPS) is 11.4. The van der Waals surface area contributed by atoms with Gasteiger partial charge in [0, 0.05) is 24.2 Å². The Balaban J connectivity index is 0.00000160. The predicted octanol–water partition coefficient (Wildman–Crippen LogP) is 2.17. The number of aromatic nitrogens is 6. The Labute approximate surface area is 185 Å². The molecule has 0 saturated carbocycles. The maximum absolute atomic E-state index is 12.4.